The lowest BCUT2D eigenvalue weighted by Gasteiger charge is -2.19. The van der Waals surface area contributed by atoms with E-state index in [0.717, 1.165) is 9.86 Å². The second-order valence-corrected chi connectivity index (χ2v) is 7.66. The minimum Gasteiger partial charge on any atom is -0.382 e. The van der Waals surface area contributed by atoms with Crippen molar-refractivity contribution in [1.29, 1.82) is 0 Å². The fraction of sp³-hybridized carbons (Fsp3) is 0.562. The van der Waals surface area contributed by atoms with Crippen molar-refractivity contribution in [3.63, 3.8) is 0 Å². The first kappa shape index (κ1) is 15.1. The number of aromatic nitrogens is 1. The first-order chi connectivity index (χ1) is 10.3. The Morgan fingerprint density at radius 1 is 1.38 bits per heavy atom. The molecule has 114 valence electrons. The summed E-state index contributed by atoms with van der Waals surface area (Å²) in [6.45, 7) is 5.90. The van der Waals surface area contributed by atoms with Crippen molar-refractivity contribution >= 4 is 39.0 Å². The van der Waals surface area contributed by atoms with Crippen molar-refractivity contribution in [1.82, 2.24) is 9.88 Å². The van der Waals surface area contributed by atoms with E-state index in [9.17, 15) is 0 Å². The molecule has 1 atom stereocenters. The number of nitrogens with zero attached hydrogens (tertiary/aromatic N) is 2. The van der Waals surface area contributed by atoms with Gasteiger partial charge in [-0.25, -0.2) is 4.98 Å². The molecule has 21 heavy (non-hydrogen) atoms. The van der Waals surface area contributed by atoms with Crippen molar-refractivity contribution in [3.8, 4) is 0 Å². The SMILES string of the molecule is CCN1CCCC(Nc2ccc3nc(SC)sc3c2)CC1. The van der Waals surface area contributed by atoms with Crippen LogP contribution in [0.3, 0.4) is 0 Å². The van der Waals surface area contributed by atoms with Crippen LogP contribution < -0.4 is 5.32 Å². The second kappa shape index (κ2) is 6.99. The largest absolute Gasteiger partial charge is 0.382 e. The van der Waals surface area contributed by atoms with Crippen molar-refractivity contribution in [2.45, 2.75) is 36.6 Å². The molecule has 0 aliphatic carbocycles. The molecule has 2 heterocycles. The van der Waals surface area contributed by atoms with Gasteiger partial charge in [0.1, 0.15) is 0 Å². The Labute approximate surface area is 135 Å². The lowest BCUT2D eigenvalue weighted by Crippen LogP contribution is -2.26. The van der Waals surface area contributed by atoms with Crippen molar-refractivity contribution in [2.24, 2.45) is 0 Å². The van der Waals surface area contributed by atoms with Crippen molar-refractivity contribution < 1.29 is 0 Å². The van der Waals surface area contributed by atoms with Crippen LogP contribution in [0.25, 0.3) is 10.2 Å². The molecular formula is C16H23N3S2. The van der Waals surface area contributed by atoms with E-state index in [4.69, 9.17) is 0 Å². The van der Waals surface area contributed by atoms with E-state index in [1.165, 1.54) is 49.3 Å². The quantitative estimate of drug-likeness (QED) is 0.850. The minimum atomic E-state index is 0.604. The Hall–Kier alpha value is -0.780. The lowest BCUT2D eigenvalue weighted by atomic mass is 10.1. The highest BCUT2D eigenvalue weighted by Gasteiger charge is 2.16. The Kier molecular flexibility index (Phi) is 5.03. The topological polar surface area (TPSA) is 28.2 Å². The Morgan fingerprint density at radius 2 is 2.29 bits per heavy atom. The Bertz CT molecular complexity index is 596. The zero-order valence-corrected chi connectivity index (χ0v) is 14.4. The highest BCUT2D eigenvalue weighted by atomic mass is 32.2. The Balaban J connectivity index is 1.69. The molecule has 1 fully saturated rings. The fourth-order valence-electron chi connectivity index (χ4n) is 2.93. The molecule has 0 amide bonds. The third kappa shape index (κ3) is 3.71. The number of likely N-dealkylation sites (tertiary alicyclic amines) is 1. The number of thiazole rings is 1. The summed E-state index contributed by atoms with van der Waals surface area (Å²) in [5.74, 6) is 0. The van der Waals surface area contributed by atoms with Crippen LogP contribution in [0.4, 0.5) is 5.69 Å². The number of fused-ring (bicyclic) bond motifs is 1. The van der Waals surface area contributed by atoms with Gasteiger partial charge in [0.2, 0.25) is 0 Å². The molecule has 0 bridgehead atoms. The zero-order chi connectivity index (χ0) is 14.7. The molecule has 0 radical (unpaired) electrons. The van der Waals surface area contributed by atoms with Crippen LogP contribution in [0.2, 0.25) is 0 Å². The molecule has 0 spiro atoms. The summed E-state index contributed by atoms with van der Waals surface area (Å²) in [5, 5.41) is 3.73. The number of hydrogen-bond donors (Lipinski definition) is 1. The van der Waals surface area contributed by atoms with E-state index in [-0.39, 0.29) is 0 Å². The first-order valence-corrected chi connectivity index (χ1v) is 9.76. The molecule has 5 heteroatoms. The standard InChI is InChI=1S/C16H23N3S2/c1-3-19-9-4-5-12(8-10-19)17-13-6-7-14-15(11-13)21-16(18-14)20-2/h6-7,11-12,17H,3-5,8-10H2,1-2H3. The second-order valence-electron chi connectivity index (χ2n) is 5.57. The first-order valence-electron chi connectivity index (χ1n) is 7.72. The number of benzene rings is 1. The smallest absolute Gasteiger partial charge is 0.150 e. The van der Waals surface area contributed by atoms with E-state index >= 15 is 0 Å². The highest BCUT2D eigenvalue weighted by molar-refractivity contribution is 8.00. The lowest BCUT2D eigenvalue weighted by molar-refractivity contribution is 0.300. The summed E-state index contributed by atoms with van der Waals surface area (Å²) >= 11 is 3.51. The molecular weight excluding hydrogens is 298 g/mol. The van der Waals surface area contributed by atoms with Gasteiger partial charge in [0.05, 0.1) is 10.2 Å². The van der Waals surface area contributed by atoms with Crippen LogP contribution in [-0.4, -0.2) is 41.8 Å². The van der Waals surface area contributed by atoms with E-state index in [0.29, 0.717) is 6.04 Å². The van der Waals surface area contributed by atoms with E-state index < -0.39 is 0 Å². The molecule has 1 saturated heterocycles. The van der Waals surface area contributed by atoms with E-state index in [1.807, 2.05) is 0 Å². The van der Waals surface area contributed by atoms with Gasteiger partial charge in [-0.3, -0.25) is 0 Å². The Morgan fingerprint density at radius 3 is 3.10 bits per heavy atom. The summed E-state index contributed by atoms with van der Waals surface area (Å²) in [5.41, 5.74) is 2.36. The molecule has 3 nitrogen and oxygen atoms in total. The fourth-order valence-corrected chi connectivity index (χ4v) is 4.46. The number of anilines is 1. The van der Waals surface area contributed by atoms with Crippen LogP contribution >= 0.6 is 23.1 Å². The molecule has 0 saturated carbocycles. The average molecular weight is 322 g/mol. The highest BCUT2D eigenvalue weighted by Crippen LogP contribution is 2.30. The summed E-state index contributed by atoms with van der Waals surface area (Å²) in [4.78, 5) is 7.16. The van der Waals surface area contributed by atoms with Crippen LogP contribution in [0.15, 0.2) is 22.5 Å². The molecule has 1 aromatic carbocycles. The van der Waals surface area contributed by atoms with Crippen LogP contribution in [-0.2, 0) is 0 Å². The number of thioether (sulfide) groups is 1. The van der Waals surface area contributed by atoms with Crippen LogP contribution in [0.1, 0.15) is 26.2 Å². The van der Waals surface area contributed by atoms with E-state index in [1.54, 1.807) is 23.1 Å². The molecule has 1 aliphatic heterocycles. The van der Waals surface area contributed by atoms with Gasteiger partial charge in [-0.05, 0) is 56.8 Å². The van der Waals surface area contributed by atoms with Gasteiger partial charge in [-0.15, -0.1) is 11.3 Å². The zero-order valence-electron chi connectivity index (χ0n) is 12.8. The van der Waals surface area contributed by atoms with Crippen molar-refractivity contribution in [2.75, 3.05) is 31.2 Å². The van der Waals surface area contributed by atoms with Gasteiger partial charge in [-0.1, -0.05) is 18.7 Å². The summed E-state index contributed by atoms with van der Waals surface area (Å²) in [6, 6.07) is 7.18. The predicted molar refractivity (Wildman–Crippen MR) is 94.8 cm³/mol. The molecule has 1 N–H and O–H groups in total. The number of nitrogens with one attached hydrogen (secondary N) is 1. The third-order valence-corrected chi connectivity index (χ3v) is 6.19. The van der Waals surface area contributed by atoms with Gasteiger partial charge in [0.25, 0.3) is 0 Å². The molecule has 1 unspecified atom stereocenters. The summed E-state index contributed by atoms with van der Waals surface area (Å²) in [6.07, 6.45) is 5.89. The molecule has 1 aliphatic rings. The number of rotatable bonds is 4. The van der Waals surface area contributed by atoms with E-state index in [2.05, 4.69) is 46.6 Å². The predicted octanol–water partition coefficient (Wildman–Crippen LogP) is 4.30. The normalized spacial score (nSPS) is 20.6. The monoisotopic (exact) mass is 321 g/mol. The minimum absolute atomic E-state index is 0.604. The summed E-state index contributed by atoms with van der Waals surface area (Å²) < 4.78 is 2.43. The summed E-state index contributed by atoms with van der Waals surface area (Å²) in [7, 11) is 0. The average Bonchev–Trinajstić information content (AvgIpc) is 2.78. The molecule has 1 aromatic heterocycles. The van der Waals surface area contributed by atoms with Crippen molar-refractivity contribution in [3.05, 3.63) is 18.2 Å². The maximum absolute atomic E-state index is 4.60. The molecule has 2 aromatic rings. The maximum Gasteiger partial charge on any atom is 0.150 e. The van der Waals surface area contributed by atoms with Gasteiger partial charge in [0, 0.05) is 18.3 Å². The van der Waals surface area contributed by atoms with Gasteiger partial charge < -0.3 is 10.2 Å². The van der Waals surface area contributed by atoms with Gasteiger partial charge in [0.15, 0.2) is 4.34 Å². The van der Waals surface area contributed by atoms with Gasteiger partial charge in [-0.2, -0.15) is 0 Å². The third-order valence-electron chi connectivity index (χ3n) is 4.18. The van der Waals surface area contributed by atoms with Crippen LogP contribution in [0.5, 0.6) is 0 Å². The number of hydrogen-bond acceptors (Lipinski definition) is 5. The molecule has 3 rings (SSSR count). The maximum atomic E-state index is 4.60. The van der Waals surface area contributed by atoms with Crippen LogP contribution in [0, 0.1) is 0 Å². The van der Waals surface area contributed by atoms with Gasteiger partial charge >= 0.3 is 0 Å².